The fourth-order valence-electron chi connectivity index (χ4n) is 2.15. The summed E-state index contributed by atoms with van der Waals surface area (Å²) in [5.41, 5.74) is 1.14. The van der Waals surface area contributed by atoms with E-state index in [2.05, 4.69) is 23.3 Å². The second-order valence-electron chi connectivity index (χ2n) is 5.56. The molecular formula is C19H20BN3O3. The summed E-state index contributed by atoms with van der Waals surface area (Å²) in [5.74, 6) is 1.17. The molecular weight excluding hydrogens is 329 g/mol. The number of pyridine rings is 1. The van der Waals surface area contributed by atoms with E-state index >= 15 is 0 Å². The molecule has 1 N–H and O–H groups in total. The monoisotopic (exact) mass is 349 g/mol. The maximum Gasteiger partial charge on any atom is 0.221 e. The van der Waals surface area contributed by atoms with Gasteiger partial charge in [-0.25, -0.2) is 0 Å². The highest BCUT2D eigenvalue weighted by Crippen LogP contribution is 2.23. The van der Waals surface area contributed by atoms with Crippen molar-refractivity contribution in [2.24, 2.45) is 0 Å². The molecule has 0 saturated carbocycles. The lowest BCUT2D eigenvalue weighted by Crippen LogP contribution is -2.12. The molecule has 0 amide bonds. The van der Waals surface area contributed by atoms with Gasteiger partial charge in [0.2, 0.25) is 5.88 Å². The number of hydrogen-bond donors (Lipinski definition) is 1. The second kappa shape index (κ2) is 10.2. The lowest BCUT2D eigenvalue weighted by Gasteiger charge is -2.11. The molecule has 0 saturated heterocycles. The van der Waals surface area contributed by atoms with E-state index in [-0.39, 0.29) is 0 Å². The Kier molecular flexibility index (Phi) is 7.65. The first kappa shape index (κ1) is 19.5. The standard InChI is InChI=1S/C19H20BN3O3/c1-2-3-9-25-10-8-22-19-14(12-21)4-7-18(23-19)26-16-5-6-17(20)15(11-16)13-24/h4-7,11,13H,2-3,8-10H2,1H3,(H,22,23). The van der Waals surface area contributed by atoms with Crippen molar-refractivity contribution < 1.29 is 14.3 Å². The molecule has 0 unspecified atom stereocenters. The predicted octanol–water partition coefficient (Wildman–Crippen LogP) is 2.58. The van der Waals surface area contributed by atoms with Crippen LogP contribution in [0.5, 0.6) is 11.6 Å². The lowest BCUT2D eigenvalue weighted by atomic mass is 9.91. The first-order valence-corrected chi connectivity index (χ1v) is 8.43. The Morgan fingerprint density at radius 2 is 2.15 bits per heavy atom. The Morgan fingerprint density at radius 1 is 1.31 bits per heavy atom. The minimum atomic E-state index is 0.306. The average Bonchev–Trinajstić information content (AvgIpc) is 2.66. The smallest absolute Gasteiger partial charge is 0.221 e. The number of aldehydes is 1. The van der Waals surface area contributed by atoms with Crippen LogP contribution in [0.25, 0.3) is 0 Å². The summed E-state index contributed by atoms with van der Waals surface area (Å²) < 4.78 is 11.2. The molecule has 0 atom stereocenters. The summed E-state index contributed by atoms with van der Waals surface area (Å²) >= 11 is 0. The number of carbonyl (C=O) groups is 1. The Labute approximate surface area is 154 Å². The maximum atomic E-state index is 11.0. The van der Waals surface area contributed by atoms with Crippen LogP contribution in [-0.2, 0) is 4.74 Å². The van der Waals surface area contributed by atoms with Crippen LogP contribution in [0.3, 0.4) is 0 Å². The zero-order chi connectivity index (χ0) is 18.8. The fraction of sp³-hybridized carbons (Fsp3) is 0.316. The van der Waals surface area contributed by atoms with Crippen LogP contribution in [0.2, 0.25) is 0 Å². The summed E-state index contributed by atoms with van der Waals surface area (Å²) in [6.45, 7) is 3.88. The minimum Gasteiger partial charge on any atom is -0.439 e. The first-order chi connectivity index (χ1) is 12.7. The third kappa shape index (κ3) is 5.61. The van der Waals surface area contributed by atoms with Crippen LogP contribution in [0.15, 0.2) is 30.3 Å². The van der Waals surface area contributed by atoms with E-state index in [1.807, 2.05) is 0 Å². The van der Waals surface area contributed by atoms with Crippen molar-refractivity contribution in [1.82, 2.24) is 4.98 Å². The number of nitriles is 1. The quantitative estimate of drug-likeness (QED) is 0.403. The summed E-state index contributed by atoms with van der Waals surface area (Å²) in [6, 6.07) is 10.1. The molecule has 1 heterocycles. The van der Waals surface area contributed by atoms with Crippen molar-refractivity contribution in [3.05, 3.63) is 41.5 Å². The third-order valence-corrected chi connectivity index (χ3v) is 3.58. The third-order valence-electron chi connectivity index (χ3n) is 3.58. The lowest BCUT2D eigenvalue weighted by molar-refractivity contribution is 0.112. The van der Waals surface area contributed by atoms with Crippen molar-refractivity contribution in [1.29, 1.82) is 5.26 Å². The number of rotatable bonds is 10. The van der Waals surface area contributed by atoms with Gasteiger partial charge in [0.25, 0.3) is 0 Å². The van der Waals surface area contributed by atoms with E-state index in [1.165, 1.54) is 6.07 Å². The van der Waals surface area contributed by atoms with Gasteiger partial charge in [-0.05, 0) is 24.6 Å². The van der Waals surface area contributed by atoms with E-state index in [0.717, 1.165) is 19.4 Å². The molecule has 26 heavy (non-hydrogen) atoms. The number of hydrogen-bond acceptors (Lipinski definition) is 6. The van der Waals surface area contributed by atoms with Gasteiger partial charge >= 0.3 is 0 Å². The normalized spacial score (nSPS) is 10.2. The molecule has 1 aromatic carbocycles. The van der Waals surface area contributed by atoms with Crippen LogP contribution in [0, 0.1) is 11.3 Å². The Hall–Kier alpha value is -2.85. The molecule has 7 heteroatoms. The highest BCUT2D eigenvalue weighted by Gasteiger charge is 2.08. The Bertz CT molecular complexity index is 790. The van der Waals surface area contributed by atoms with Crippen molar-refractivity contribution in [3.63, 3.8) is 0 Å². The largest absolute Gasteiger partial charge is 0.439 e. The summed E-state index contributed by atoms with van der Waals surface area (Å²) in [6.07, 6.45) is 2.78. The number of unbranched alkanes of at least 4 members (excludes halogenated alkanes) is 1. The van der Waals surface area contributed by atoms with E-state index in [1.54, 1.807) is 24.3 Å². The molecule has 0 aliphatic rings. The Morgan fingerprint density at radius 3 is 2.88 bits per heavy atom. The number of nitrogens with one attached hydrogen (secondary N) is 1. The molecule has 0 fully saturated rings. The van der Waals surface area contributed by atoms with Crippen LogP contribution in [0.4, 0.5) is 5.82 Å². The van der Waals surface area contributed by atoms with Gasteiger partial charge in [-0.1, -0.05) is 24.9 Å². The van der Waals surface area contributed by atoms with Gasteiger partial charge in [0, 0.05) is 24.8 Å². The zero-order valence-electron chi connectivity index (χ0n) is 14.7. The molecule has 2 rings (SSSR count). The van der Waals surface area contributed by atoms with Gasteiger partial charge in [0.1, 0.15) is 31.8 Å². The number of ether oxygens (including phenoxy) is 2. The molecule has 1 aromatic heterocycles. The molecule has 0 aliphatic heterocycles. The molecule has 0 aliphatic carbocycles. The zero-order valence-corrected chi connectivity index (χ0v) is 14.7. The first-order valence-electron chi connectivity index (χ1n) is 8.43. The number of anilines is 1. The molecule has 2 aromatic rings. The maximum absolute atomic E-state index is 11.0. The van der Waals surface area contributed by atoms with Crippen molar-refractivity contribution in [3.8, 4) is 17.7 Å². The topological polar surface area (TPSA) is 84.2 Å². The number of aromatic nitrogens is 1. The fourth-order valence-corrected chi connectivity index (χ4v) is 2.15. The van der Waals surface area contributed by atoms with Gasteiger partial charge in [0.05, 0.1) is 12.2 Å². The number of benzene rings is 1. The van der Waals surface area contributed by atoms with Crippen LogP contribution in [0.1, 0.15) is 35.7 Å². The van der Waals surface area contributed by atoms with Crippen LogP contribution in [-0.4, -0.2) is 38.9 Å². The van der Waals surface area contributed by atoms with Crippen LogP contribution >= 0.6 is 0 Å². The highest BCUT2D eigenvalue weighted by atomic mass is 16.5. The highest BCUT2D eigenvalue weighted by molar-refractivity contribution is 6.35. The van der Waals surface area contributed by atoms with Gasteiger partial charge in [-0.3, -0.25) is 4.79 Å². The number of carbonyl (C=O) groups excluding carboxylic acids is 1. The molecule has 2 radical (unpaired) electrons. The summed E-state index contributed by atoms with van der Waals surface area (Å²) in [4.78, 5) is 15.3. The predicted molar refractivity (Wildman–Crippen MR) is 100 cm³/mol. The minimum absolute atomic E-state index is 0.306. The van der Waals surface area contributed by atoms with Gasteiger partial charge in [0.15, 0.2) is 0 Å². The van der Waals surface area contributed by atoms with Crippen LogP contribution < -0.4 is 15.5 Å². The van der Waals surface area contributed by atoms with Crippen molar-refractivity contribution >= 4 is 25.4 Å². The van der Waals surface area contributed by atoms with E-state index in [9.17, 15) is 10.1 Å². The summed E-state index contributed by atoms with van der Waals surface area (Å²) in [7, 11) is 5.69. The van der Waals surface area contributed by atoms with Crippen molar-refractivity contribution in [2.75, 3.05) is 25.1 Å². The molecule has 0 spiro atoms. The Balaban J connectivity index is 2.04. The molecule has 6 nitrogen and oxygen atoms in total. The average molecular weight is 349 g/mol. The van der Waals surface area contributed by atoms with Crippen molar-refractivity contribution in [2.45, 2.75) is 19.8 Å². The van der Waals surface area contributed by atoms with Gasteiger partial charge < -0.3 is 14.8 Å². The molecule has 0 bridgehead atoms. The molecule has 132 valence electrons. The van der Waals surface area contributed by atoms with E-state index in [4.69, 9.17) is 17.3 Å². The van der Waals surface area contributed by atoms with Gasteiger partial charge in [-0.2, -0.15) is 10.2 Å². The second-order valence-corrected chi connectivity index (χ2v) is 5.56. The number of nitrogens with zero attached hydrogens (tertiary/aromatic N) is 2. The van der Waals surface area contributed by atoms with E-state index in [0.29, 0.717) is 53.5 Å². The van der Waals surface area contributed by atoms with E-state index < -0.39 is 0 Å². The summed E-state index contributed by atoms with van der Waals surface area (Å²) in [5, 5.41) is 12.3. The van der Waals surface area contributed by atoms with Gasteiger partial charge in [-0.15, -0.1) is 0 Å². The SMILES string of the molecule is [B]c1ccc(Oc2ccc(C#N)c(NCCOCCCC)n2)cc1C=O.